The SMILES string of the molecule is Cc1ccc(S(=O)(=O)N2CCC(C(=O)Nc3ccccc3C(=O)NCC(F)(F)F)CC2)c(C)c1. The lowest BCUT2D eigenvalue weighted by Gasteiger charge is -2.31. The lowest BCUT2D eigenvalue weighted by Crippen LogP contribution is -2.41. The van der Waals surface area contributed by atoms with Gasteiger partial charge in [0.1, 0.15) is 6.54 Å². The van der Waals surface area contributed by atoms with E-state index in [1.54, 1.807) is 36.5 Å². The summed E-state index contributed by atoms with van der Waals surface area (Å²) in [6.07, 6.45) is -4.00. The molecule has 1 saturated heterocycles. The van der Waals surface area contributed by atoms with E-state index >= 15 is 0 Å². The molecule has 11 heteroatoms. The van der Waals surface area contributed by atoms with Crippen LogP contribution < -0.4 is 10.6 Å². The molecular formula is C23H26F3N3O4S. The molecule has 0 spiro atoms. The number of rotatable bonds is 6. The van der Waals surface area contributed by atoms with Gasteiger partial charge in [0.25, 0.3) is 5.91 Å². The van der Waals surface area contributed by atoms with Gasteiger partial charge in [-0.2, -0.15) is 17.5 Å². The molecule has 0 radical (unpaired) electrons. The molecule has 0 saturated carbocycles. The van der Waals surface area contributed by atoms with Crippen LogP contribution >= 0.6 is 0 Å². The normalized spacial score (nSPS) is 15.7. The van der Waals surface area contributed by atoms with E-state index in [4.69, 9.17) is 0 Å². The Morgan fingerprint density at radius 2 is 1.71 bits per heavy atom. The molecule has 1 aliphatic rings. The Kier molecular flexibility index (Phi) is 7.67. The third-order valence-corrected chi connectivity index (χ3v) is 7.71. The third-order valence-electron chi connectivity index (χ3n) is 5.65. The number of alkyl halides is 3. The molecule has 34 heavy (non-hydrogen) atoms. The number of aryl methyl sites for hydroxylation is 2. The Hall–Kier alpha value is -2.92. The molecule has 0 unspecified atom stereocenters. The molecule has 184 valence electrons. The van der Waals surface area contributed by atoms with E-state index in [2.05, 4.69) is 5.32 Å². The van der Waals surface area contributed by atoms with Crippen LogP contribution in [0.5, 0.6) is 0 Å². The number of amides is 2. The Morgan fingerprint density at radius 3 is 2.32 bits per heavy atom. The zero-order valence-corrected chi connectivity index (χ0v) is 19.6. The second kappa shape index (κ2) is 10.1. The van der Waals surface area contributed by atoms with Crippen molar-refractivity contribution in [2.75, 3.05) is 25.0 Å². The van der Waals surface area contributed by atoms with Gasteiger partial charge < -0.3 is 10.6 Å². The maximum Gasteiger partial charge on any atom is 0.405 e. The fourth-order valence-corrected chi connectivity index (χ4v) is 5.56. The molecule has 1 fully saturated rings. The van der Waals surface area contributed by atoms with E-state index in [1.807, 2.05) is 6.92 Å². The Labute approximate surface area is 196 Å². The first-order valence-corrected chi connectivity index (χ1v) is 12.1. The maximum atomic E-state index is 13.0. The first-order valence-electron chi connectivity index (χ1n) is 10.7. The van der Waals surface area contributed by atoms with E-state index in [0.717, 1.165) is 5.56 Å². The standard InChI is InChI=1S/C23H26F3N3O4S/c1-15-7-8-20(16(2)13-15)34(32,33)29-11-9-17(10-12-29)21(30)28-19-6-4-3-5-18(19)22(31)27-14-23(24,25)26/h3-8,13,17H,9-12,14H2,1-2H3,(H,27,31)(H,28,30). The molecule has 2 aromatic carbocycles. The van der Waals surface area contributed by atoms with Gasteiger partial charge in [0.15, 0.2) is 0 Å². The van der Waals surface area contributed by atoms with E-state index in [9.17, 15) is 31.2 Å². The van der Waals surface area contributed by atoms with Crippen LogP contribution in [0.15, 0.2) is 47.4 Å². The highest BCUT2D eigenvalue weighted by molar-refractivity contribution is 7.89. The molecular weight excluding hydrogens is 471 g/mol. The van der Waals surface area contributed by atoms with Gasteiger partial charge in [-0.05, 0) is 50.5 Å². The summed E-state index contributed by atoms with van der Waals surface area (Å²) in [7, 11) is -3.70. The summed E-state index contributed by atoms with van der Waals surface area (Å²) in [5.41, 5.74) is 1.62. The van der Waals surface area contributed by atoms with E-state index in [0.29, 0.717) is 5.56 Å². The van der Waals surface area contributed by atoms with Crippen LogP contribution in [0, 0.1) is 19.8 Å². The number of halogens is 3. The van der Waals surface area contributed by atoms with Crippen LogP contribution in [-0.4, -0.2) is 50.3 Å². The lowest BCUT2D eigenvalue weighted by atomic mass is 9.97. The minimum atomic E-state index is -4.56. The summed E-state index contributed by atoms with van der Waals surface area (Å²) in [6.45, 7) is 2.44. The van der Waals surface area contributed by atoms with Crippen LogP contribution in [-0.2, 0) is 14.8 Å². The second-order valence-electron chi connectivity index (χ2n) is 8.28. The lowest BCUT2D eigenvalue weighted by molar-refractivity contribution is -0.123. The van der Waals surface area contributed by atoms with Crippen LogP contribution in [0.2, 0.25) is 0 Å². The predicted octanol–water partition coefficient (Wildman–Crippen LogP) is 3.63. The predicted molar refractivity (Wildman–Crippen MR) is 121 cm³/mol. The van der Waals surface area contributed by atoms with Crippen molar-refractivity contribution >= 4 is 27.5 Å². The second-order valence-corrected chi connectivity index (χ2v) is 10.2. The van der Waals surface area contributed by atoms with Crippen LogP contribution in [0.3, 0.4) is 0 Å². The monoisotopic (exact) mass is 497 g/mol. The van der Waals surface area contributed by atoms with Gasteiger partial charge in [-0.15, -0.1) is 0 Å². The summed E-state index contributed by atoms with van der Waals surface area (Å²) in [6, 6.07) is 10.9. The van der Waals surface area contributed by atoms with Crippen LogP contribution in [0.1, 0.15) is 34.3 Å². The number of piperidine rings is 1. The first-order chi connectivity index (χ1) is 15.9. The molecule has 2 N–H and O–H groups in total. The largest absolute Gasteiger partial charge is 0.405 e. The fraction of sp³-hybridized carbons (Fsp3) is 0.391. The van der Waals surface area contributed by atoms with Gasteiger partial charge in [-0.25, -0.2) is 8.42 Å². The zero-order valence-electron chi connectivity index (χ0n) is 18.8. The maximum absolute atomic E-state index is 13.0. The number of hydrogen-bond acceptors (Lipinski definition) is 4. The zero-order chi connectivity index (χ0) is 25.1. The third kappa shape index (κ3) is 6.15. The minimum absolute atomic E-state index is 0.0880. The molecule has 1 aliphatic heterocycles. The van der Waals surface area contributed by atoms with Crippen LogP contribution in [0.25, 0.3) is 0 Å². The number of hydrogen-bond donors (Lipinski definition) is 2. The number of nitrogens with one attached hydrogen (secondary N) is 2. The number of carbonyl (C=O) groups is 2. The molecule has 1 heterocycles. The average molecular weight is 498 g/mol. The van der Waals surface area contributed by atoms with Crippen molar-refractivity contribution in [1.82, 2.24) is 9.62 Å². The van der Waals surface area contributed by atoms with Crippen molar-refractivity contribution in [2.24, 2.45) is 5.92 Å². The minimum Gasteiger partial charge on any atom is -0.343 e. The number of carbonyl (C=O) groups excluding carboxylic acids is 2. The molecule has 0 aliphatic carbocycles. The van der Waals surface area contributed by atoms with Crippen molar-refractivity contribution in [1.29, 1.82) is 0 Å². The number of benzene rings is 2. The molecule has 0 atom stereocenters. The van der Waals surface area contributed by atoms with Gasteiger partial charge >= 0.3 is 6.18 Å². The van der Waals surface area contributed by atoms with Crippen molar-refractivity contribution in [3.8, 4) is 0 Å². The fourth-order valence-electron chi connectivity index (χ4n) is 3.89. The summed E-state index contributed by atoms with van der Waals surface area (Å²) in [5.74, 6) is -1.88. The average Bonchev–Trinajstić information content (AvgIpc) is 2.77. The highest BCUT2D eigenvalue weighted by Crippen LogP contribution is 2.27. The van der Waals surface area contributed by atoms with Gasteiger partial charge in [0.2, 0.25) is 15.9 Å². The molecule has 0 bridgehead atoms. The van der Waals surface area contributed by atoms with Crippen molar-refractivity contribution < 1.29 is 31.2 Å². The Morgan fingerprint density at radius 1 is 1.06 bits per heavy atom. The summed E-state index contributed by atoms with van der Waals surface area (Å²) in [5, 5.41) is 4.40. The topological polar surface area (TPSA) is 95.6 Å². The van der Waals surface area contributed by atoms with E-state index in [1.165, 1.54) is 22.5 Å². The summed E-state index contributed by atoms with van der Waals surface area (Å²) in [4.78, 5) is 25.2. The molecule has 2 amide bonds. The molecule has 3 rings (SSSR count). The van der Waals surface area contributed by atoms with Gasteiger partial charge in [0, 0.05) is 19.0 Å². The Bertz CT molecular complexity index is 1170. The van der Waals surface area contributed by atoms with E-state index in [-0.39, 0.29) is 42.1 Å². The Balaban J connectivity index is 1.64. The highest BCUT2D eigenvalue weighted by atomic mass is 32.2. The van der Waals surface area contributed by atoms with Gasteiger partial charge in [-0.1, -0.05) is 29.8 Å². The van der Waals surface area contributed by atoms with Crippen molar-refractivity contribution in [2.45, 2.75) is 37.8 Å². The quantitative estimate of drug-likeness (QED) is 0.637. The summed E-state index contributed by atoms with van der Waals surface area (Å²) >= 11 is 0. The number of sulfonamides is 1. The number of anilines is 1. The number of nitrogens with zero attached hydrogens (tertiary/aromatic N) is 1. The molecule has 2 aromatic rings. The number of para-hydroxylation sites is 1. The van der Waals surface area contributed by atoms with E-state index < -0.39 is 40.5 Å². The van der Waals surface area contributed by atoms with Gasteiger partial charge in [-0.3, -0.25) is 9.59 Å². The smallest absolute Gasteiger partial charge is 0.343 e. The molecule has 7 nitrogen and oxygen atoms in total. The van der Waals surface area contributed by atoms with Gasteiger partial charge in [0.05, 0.1) is 16.1 Å². The molecule has 0 aromatic heterocycles. The first kappa shape index (κ1) is 25.7. The van der Waals surface area contributed by atoms with Crippen molar-refractivity contribution in [3.63, 3.8) is 0 Å². The highest BCUT2D eigenvalue weighted by Gasteiger charge is 2.33. The summed E-state index contributed by atoms with van der Waals surface area (Å²) < 4.78 is 64.7. The van der Waals surface area contributed by atoms with Crippen molar-refractivity contribution in [3.05, 3.63) is 59.2 Å². The van der Waals surface area contributed by atoms with Crippen LogP contribution in [0.4, 0.5) is 18.9 Å².